The van der Waals surface area contributed by atoms with Gasteiger partial charge in [-0.1, -0.05) is 17.7 Å². The van der Waals surface area contributed by atoms with Gasteiger partial charge in [0, 0.05) is 18.3 Å². The van der Waals surface area contributed by atoms with E-state index in [9.17, 15) is 29.6 Å². The van der Waals surface area contributed by atoms with Gasteiger partial charge in [0.15, 0.2) is 5.69 Å². The van der Waals surface area contributed by atoms with Crippen LogP contribution in [0.15, 0.2) is 52.3 Å². The van der Waals surface area contributed by atoms with Crippen LogP contribution in [0.25, 0.3) is 5.69 Å². The Kier molecular flexibility index (Phi) is 5.77. The van der Waals surface area contributed by atoms with Crippen molar-refractivity contribution in [2.45, 2.75) is 6.92 Å². The number of carbonyl (C=O) groups is 2. The van der Waals surface area contributed by atoms with Gasteiger partial charge in [0.25, 0.3) is 11.2 Å². The largest absolute Gasteiger partial charge is 0.478 e. The zero-order valence-electron chi connectivity index (χ0n) is 16.4. The number of aromatic nitrogens is 2. The lowest BCUT2D eigenvalue weighted by Crippen LogP contribution is -2.17. The molecule has 1 heterocycles. The molecule has 0 saturated heterocycles. The number of non-ortho nitro benzene ring substituents is 1. The first-order chi connectivity index (χ1) is 14.7. The lowest BCUT2D eigenvalue weighted by molar-refractivity contribution is -0.384. The van der Waals surface area contributed by atoms with Crippen LogP contribution < -0.4 is 5.56 Å². The summed E-state index contributed by atoms with van der Waals surface area (Å²) in [5, 5.41) is 22.9. The number of nitro benzene ring substituents is 1. The Labute approximate surface area is 174 Å². The highest BCUT2D eigenvalue weighted by atomic mass is 16.6. The number of esters is 1. The van der Waals surface area contributed by atoms with Crippen molar-refractivity contribution < 1.29 is 24.4 Å². The summed E-state index contributed by atoms with van der Waals surface area (Å²) in [6.45, 7) is 1.88. The van der Waals surface area contributed by atoms with E-state index in [1.54, 1.807) is 24.3 Å². The normalized spacial score (nSPS) is 10.9. The highest BCUT2D eigenvalue weighted by Crippen LogP contribution is 2.24. The Bertz CT molecular complexity index is 1270. The average molecular weight is 424 g/mol. The lowest BCUT2D eigenvalue weighted by atomic mass is 10.1. The minimum atomic E-state index is -1.44. The molecule has 31 heavy (non-hydrogen) atoms. The summed E-state index contributed by atoms with van der Waals surface area (Å²) in [6.07, 6.45) is 1.02. The number of aryl methyl sites for hydroxylation is 1. The molecule has 3 rings (SSSR count). The third kappa shape index (κ3) is 4.24. The van der Waals surface area contributed by atoms with Crippen molar-refractivity contribution in [3.8, 4) is 5.69 Å². The quantitative estimate of drug-likeness (QED) is 0.266. The van der Waals surface area contributed by atoms with Gasteiger partial charge in [-0.25, -0.2) is 14.3 Å². The molecule has 1 aromatic heterocycles. The molecule has 11 nitrogen and oxygen atoms in total. The molecule has 0 aliphatic heterocycles. The number of nitrogens with one attached hydrogen (secondary N) is 1. The number of nitro groups is 1. The molecule has 0 saturated carbocycles. The number of aromatic carboxylic acids is 1. The number of hydrogen-bond acceptors (Lipinski definition) is 7. The number of aliphatic imine (C=N–C) groups is 1. The van der Waals surface area contributed by atoms with E-state index in [-0.39, 0.29) is 16.9 Å². The van der Waals surface area contributed by atoms with Crippen LogP contribution in [-0.2, 0) is 4.74 Å². The predicted octanol–water partition coefficient (Wildman–Crippen LogP) is 2.62. The van der Waals surface area contributed by atoms with E-state index in [0.29, 0.717) is 5.69 Å². The average Bonchev–Trinajstić information content (AvgIpc) is 3.08. The number of carbonyl (C=O) groups excluding carboxylic acids is 1. The van der Waals surface area contributed by atoms with E-state index in [1.165, 1.54) is 0 Å². The van der Waals surface area contributed by atoms with Crippen LogP contribution in [0.1, 0.15) is 32.0 Å². The summed E-state index contributed by atoms with van der Waals surface area (Å²) >= 11 is 0. The number of carboxylic acid groups (broad SMARTS) is 1. The number of methoxy groups -OCH3 is 1. The van der Waals surface area contributed by atoms with Gasteiger partial charge in [-0.15, -0.1) is 0 Å². The third-order valence-corrected chi connectivity index (χ3v) is 4.36. The third-order valence-electron chi connectivity index (χ3n) is 4.36. The highest BCUT2D eigenvalue weighted by molar-refractivity contribution is 6.00. The van der Waals surface area contributed by atoms with Crippen LogP contribution >= 0.6 is 0 Å². The highest BCUT2D eigenvalue weighted by Gasteiger charge is 2.21. The van der Waals surface area contributed by atoms with E-state index in [1.807, 2.05) is 6.92 Å². The molecule has 0 unspecified atom stereocenters. The zero-order chi connectivity index (χ0) is 22.7. The van der Waals surface area contributed by atoms with Gasteiger partial charge in [0.2, 0.25) is 0 Å². The Morgan fingerprint density at radius 2 is 1.90 bits per heavy atom. The van der Waals surface area contributed by atoms with Gasteiger partial charge in [-0.3, -0.25) is 25.0 Å². The minimum Gasteiger partial charge on any atom is -0.478 e. The number of hydrogen-bond donors (Lipinski definition) is 2. The summed E-state index contributed by atoms with van der Waals surface area (Å²) in [5.74, 6) is -2.26. The van der Waals surface area contributed by atoms with Gasteiger partial charge < -0.3 is 9.84 Å². The Balaban J connectivity index is 2.13. The summed E-state index contributed by atoms with van der Waals surface area (Å²) in [4.78, 5) is 50.7. The molecule has 0 bridgehead atoms. The minimum absolute atomic E-state index is 0.128. The van der Waals surface area contributed by atoms with Crippen LogP contribution in [-0.4, -0.2) is 45.1 Å². The van der Waals surface area contributed by atoms with E-state index < -0.39 is 33.7 Å². The van der Waals surface area contributed by atoms with Crippen molar-refractivity contribution in [1.29, 1.82) is 0 Å². The van der Waals surface area contributed by atoms with E-state index in [0.717, 1.165) is 41.8 Å². The number of aromatic amines is 1. The summed E-state index contributed by atoms with van der Waals surface area (Å²) < 4.78 is 5.83. The second kappa shape index (κ2) is 8.45. The topological polar surface area (TPSA) is 157 Å². The van der Waals surface area contributed by atoms with Crippen molar-refractivity contribution in [2.24, 2.45) is 4.99 Å². The van der Waals surface area contributed by atoms with Crippen LogP contribution in [0.4, 0.5) is 11.4 Å². The molecule has 2 N–H and O–H groups in total. The summed E-state index contributed by atoms with van der Waals surface area (Å²) in [6, 6.07) is 10.00. The second-order valence-corrected chi connectivity index (χ2v) is 6.39. The number of nitrogens with zero attached hydrogens (tertiary/aromatic N) is 3. The Morgan fingerprint density at radius 3 is 2.48 bits per heavy atom. The molecule has 0 atom stereocenters. The van der Waals surface area contributed by atoms with Crippen molar-refractivity contribution in [3.05, 3.63) is 85.3 Å². The van der Waals surface area contributed by atoms with Crippen LogP contribution in [0.2, 0.25) is 0 Å². The molecule has 0 aliphatic carbocycles. The predicted molar refractivity (Wildman–Crippen MR) is 110 cm³/mol. The standard InChI is InChI=1S/C20H16N4O7/c1-11-3-5-12(6-4-11)23-18(25)15(17(22-23)20(28)31-2)10-21-16-8-7-13(24(29)30)9-14(16)19(26)27/h3-10,22H,1-2H3,(H,26,27). The Morgan fingerprint density at radius 1 is 1.23 bits per heavy atom. The molecule has 2 aromatic carbocycles. The number of carboxylic acids is 1. The molecule has 3 aromatic rings. The molecule has 11 heteroatoms. The zero-order valence-corrected chi connectivity index (χ0v) is 16.4. The molecule has 0 aliphatic rings. The number of rotatable bonds is 6. The molecule has 0 fully saturated rings. The number of ether oxygens (including phenoxy) is 1. The second-order valence-electron chi connectivity index (χ2n) is 6.39. The summed E-state index contributed by atoms with van der Waals surface area (Å²) in [5.41, 5.74) is -0.518. The molecule has 0 spiro atoms. The smallest absolute Gasteiger partial charge is 0.356 e. The van der Waals surface area contributed by atoms with Crippen LogP contribution in [0.3, 0.4) is 0 Å². The monoisotopic (exact) mass is 424 g/mol. The fourth-order valence-electron chi connectivity index (χ4n) is 2.76. The van der Waals surface area contributed by atoms with E-state index >= 15 is 0 Å². The lowest BCUT2D eigenvalue weighted by Gasteiger charge is -2.01. The SMILES string of the molecule is COC(=O)c1[nH]n(-c2ccc(C)cc2)c(=O)c1C=Nc1ccc([N+](=O)[O-])cc1C(=O)O. The molecular formula is C20H16N4O7. The Hall–Kier alpha value is -4.54. The van der Waals surface area contributed by atoms with Gasteiger partial charge in [-0.2, -0.15) is 0 Å². The molecular weight excluding hydrogens is 408 g/mol. The van der Waals surface area contributed by atoms with E-state index in [4.69, 9.17) is 4.74 Å². The van der Waals surface area contributed by atoms with Crippen molar-refractivity contribution in [2.75, 3.05) is 7.11 Å². The summed E-state index contributed by atoms with van der Waals surface area (Å²) in [7, 11) is 1.14. The van der Waals surface area contributed by atoms with Crippen LogP contribution in [0.5, 0.6) is 0 Å². The maximum atomic E-state index is 12.9. The fourth-order valence-corrected chi connectivity index (χ4v) is 2.76. The first-order valence-corrected chi connectivity index (χ1v) is 8.79. The fraction of sp³-hybridized carbons (Fsp3) is 0.100. The first-order valence-electron chi connectivity index (χ1n) is 8.79. The van der Waals surface area contributed by atoms with Gasteiger partial charge in [-0.05, 0) is 25.1 Å². The molecule has 0 amide bonds. The van der Waals surface area contributed by atoms with Gasteiger partial charge in [0.05, 0.1) is 34.5 Å². The van der Waals surface area contributed by atoms with E-state index in [2.05, 4.69) is 10.1 Å². The molecule has 0 radical (unpaired) electrons. The van der Waals surface area contributed by atoms with Crippen molar-refractivity contribution >= 4 is 29.5 Å². The maximum Gasteiger partial charge on any atom is 0.356 e. The maximum absolute atomic E-state index is 12.9. The van der Waals surface area contributed by atoms with Crippen LogP contribution in [0, 0.1) is 17.0 Å². The number of benzene rings is 2. The van der Waals surface area contributed by atoms with Gasteiger partial charge in [0.1, 0.15) is 0 Å². The van der Waals surface area contributed by atoms with Crippen molar-refractivity contribution in [3.63, 3.8) is 0 Å². The van der Waals surface area contributed by atoms with Crippen molar-refractivity contribution in [1.82, 2.24) is 9.78 Å². The number of H-pyrrole nitrogens is 1. The molecule has 158 valence electrons. The first kappa shape index (κ1) is 21.2. The van der Waals surface area contributed by atoms with Gasteiger partial charge >= 0.3 is 11.9 Å².